The van der Waals surface area contributed by atoms with Crippen molar-refractivity contribution in [2.75, 3.05) is 13.7 Å². The van der Waals surface area contributed by atoms with Gasteiger partial charge < -0.3 is 15.2 Å². The number of ether oxygens (including phenoxy) is 2. The lowest BCUT2D eigenvalue weighted by molar-refractivity contribution is -0.0332. The second-order valence-corrected chi connectivity index (χ2v) is 5.52. The zero-order chi connectivity index (χ0) is 14.5. The molecule has 19 heavy (non-hydrogen) atoms. The topological polar surface area (TPSA) is 62.3 Å². The molecule has 1 aromatic heterocycles. The Morgan fingerprint density at radius 1 is 1.47 bits per heavy atom. The SMILES string of the molecule is CCC(N)C(OCCC(C)(C)OC)c1cnn(C)c1. The van der Waals surface area contributed by atoms with Gasteiger partial charge in [-0.3, -0.25) is 4.68 Å². The average molecular weight is 269 g/mol. The van der Waals surface area contributed by atoms with Crippen LogP contribution in [0.4, 0.5) is 0 Å². The smallest absolute Gasteiger partial charge is 0.101 e. The molecule has 0 amide bonds. The highest BCUT2D eigenvalue weighted by Crippen LogP contribution is 2.23. The van der Waals surface area contributed by atoms with Gasteiger partial charge in [-0.05, 0) is 26.7 Å². The van der Waals surface area contributed by atoms with Crippen molar-refractivity contribution in [3.8, 4) is 0 Å². The standard InChI is InChI=1S/C14H27N3O2/c1-6-12(15)13(11-9-16-17(4)10-11)19-8-7-14(2,3)18-5/h9-10,12-13H,6-8,15H2,1-5H3. The Kier molecular flexibility index (Phi) is 5.97. The highest BCUT2D eigenvalue weighted by molar-refractivity contribution is 5.10. The minimum Gasteiger partial charge on any atom is -0.379 e. The van der Waals surface area contributed by atoms with Gasteiger partial charge in [-0.25, -0.2) is 0 Å². The van der Waals surface area contributed by atoms with Gasteiger partial charge in [0.2, 0.25) is 0 Å². The van der Waals surface area contributed by atoms with Crippen LogP contribution in [0, 0.1) is 0 Å². The van der Waals surface area contributed by atoms with Crippen molar-refractivity contribution in [3.05, 3.63) is 18.0 Å². The minimum atomic E-state index is -0.171. The molecular formula is C14H27N3O2. The van der Waals surface area contributed by atoms with E-state index in [4.69, 9.17) is 15.2 Å². The molecule has 1 aromatic rings. The van der Waals surface area contributed by atoms with E-state index < -0.39 is 0 Å². The van der Waals surface area contributed by atoms with Crippen molar-refractivity contribution < 1.29 is 9.47 Å². The Morgan fingerprint density at radius 3 is 2.63 bits per heavy atom. The van der Waals surface area contributed by atoms with Crippen LogP contribution in [0.15, 0.2) is 12.4 Å². The maximum atomic E-state index is 6.15. The number of rotatable bonds is 8. The lowest BCUT2D eigenvalue weighted by Gasteiger charge is -2.26. The molecule has 0 aliphatic heterocycles. The number of hydrogen-bond acceptors (Lipinski definition) is 4. The molecule has 1 heterocycles. The van der Waals surface area contributed by atoms with Crippen molar-refractivity contribution in [1.29, 1.82) is 0 Å². The van der Waals surface area contributed by atoms with E-state index in [9.17, 15) is 0 Å². The number of aryl methyl sites for hydroxylation is 1. The highest BCUT2D eigenvalue weighted by atomic mass is 16.5. The maximum absolute atomic E-state index is 6.15. The predicted octanol–water partition coefficient (Wildman–Crippen LogP) is 2.03. The van der Waals surface area contributed by atoms with E-state index in [0.717, 1.165) is 18.4 Å². The number of nitrogens with two attached hydrogens (primary N) is 1. The molecule has 0 aliphatic carbocycles. The van der Waals surface area contributed by atoms with Gasteiger partial charge in [0.15, 0.2) is 0 Å². The Labute approximate surface area is 116 Å². The molecular weight excluding hydrogens is 242 g/mol. The summed E-state index contributed by atoms with van der Waals surface area (Å²) in [5.74, 6) is 0. The largest absolute Gasteiger partial charge is 0.379 e. The molecule has 0 aromatic carbocycles. The molecule has 0 saturated heterocycles. The molecule has 0 fully saturated rings. The molecule has 0 saturated carbocycles. The third-order valence-corrected chi connectivity index (χ3v) is 3.47. The Morgan fingerprint density at radius 2 is 2.16 bits per heavy atom. The molecule has 0 radical (unpaired) electrons. The first-order valence-electron chi connectivity index (χ1n) is 6.80. The molecule has 0 aliphatic rings. The fourth-order valence-electron chi connectivity index (χ4n) is 1.80. The lowest BCUT2D eigenvalue weighted by Crippen LogP contribution is -2.31. The molecule has 2 unspecified atom stereocenters. The summed E-state index contributed by atoms with van der Waals surface area (Å²) < 4.78 is 13.1. The van der Waals surface area contributed by atoms with E-state index in [-0.39, 0.29) is 17.7 Å². The van der Waals surface area contributed by atoms with Gasteiger partial charge in [0.05, 0.1) is 18.4 Å². The van der Waals surface area contributed by atoms with Gasteiger partial charge in [0.25, 0.3) is 0 Å². The third kappa shape index (κ3) is 4.93. The summed E-state index contributed by atoms with van der Waals surface area (Å²) in [6.07, 6.45) is 5.37. The van der Waals surface area contributed by atoms with Gasteiger partial charge in [-0.2, -0.15) is 5.10 Å². The lowest BCUT2D eigenvalue weighted by atomic mass is 10.0. The second-order valence-electron chi connectivity index (χ2n) is 5.52. The van der Waals surface area contributed by atoms with Gasteiger partial charge in [0, 0.05) is 32.0 Å². The number of aromatic nitrogens is 2. The molecule has 0 spiro atoms. The maximum Gasteiger partial charge on any atom is 0.101 e. The van der Waals surface area contributed by atoms with Gasteiger partial charge in [-0.15, -0.1) is 0 Å². The predicted molar refractivity (Wildman–Crippen MR) is 75.9 cm³/mol. The van der Waals surface area contributed by atoms with Crippen molar-refractivity contribution in [3.63, 3.8) is 0 Å². The summed E-state index contributed by atoms with van der Waals surface area (Å²) in [5.41, 5.74) is 7.01. The van der Waals surface area contributed by atoms with E-state index >= 15 is 0 Å². The summed E-state index contributed by atoms with van der Waals surface area (Å²) in [6.45, 7) is 6.79. The Balaban J connectivity index is 2.61. The molecule has 0 bridgehead atoms. The molecule has 5 nitrogen and oxygen atoms in total. The Bertz CT molecular complexity index is 377. The van der Waals surface area contributed by atoms with Crippen molar-refractivity contribution in [2.24, 2.45) is 12.8 Å². The van der Waals surface area contributed by atoms with Crippen LogP contribution in [0.1, 0.15) is 45.3 Å². The highest BCUT2D eigenvalue weighted by Gasteiger charge is 2.23. The van der Waals surface area contributed by atoms with Crippen LogP contribution >= 0.6 is 0 Å². The first-order chi connectivity index (χ1) is 8.89. The normalized spacial score (nSPS) is 15.5. The van der Waals surface area contributed by atoms with Crippen LogP contribution < -0.4 is 5.73 Å². The van der Waals surface area contributed by atoms with Crippen molar-refractivity contribution in [1.82, 2.24) is 9.78 Å². The number of hydrogen-bond donors (Lipinski definition) is 1. The van der Waals surface area contributed by atoms with Crippen molar-refractivity contribution >= 4 is 0 Å². The van der Waals surface area contributed by atoms with Crippen LogP contribution in [0.25, 0.3) is 0 Å². The third-order valence-electron chi connectivity index (χ3n) is 3.47. The minimum absolute atomic E-state index is 0.0187. The molecule has 5 heteroatoms. The van der Waals surface area contributed by atoms with E-state index in [2.05, 4.69) is 25.9 Å². The fourth-order valence-corrected chi connectivity index (χ4v) is 1.80. The van der Waals surface area contributed by atoms with Crippen LogP contribution in [0.2, 0.25) is 0 Å². The van der Waals surface area contributed by atoms with Crippen LogP contribution in [0.3, 0.4) is 0 Å². The summed E-state index contributed by atoms with van der Waals surface area (Å²) in [6, 6.07) is -0.0187. The average Bonchev–Trinajstić information content (AvgIpc) is 2.80. The summed E-state index contributed by atoms with van der Waals surface area (Å²) in [7, 11) is 3.61. The summed E-state index contributed by atoms with van der Waals surface area (Å²) in [4.78, 5) is 0. The van der Waals surface area contributed by atoms with Gasteiger partial charge in [-0.1, -0.05) is 6.92 Å². The summed E-state index contributed by atoms with van der Waals surface area (Å²) in [5, 5.41) is 4.18. The van der Waals surface area contributed by atoms with Gasteiger partial charge >= 0.3 is 0 Å². The first-order valence-corrected chi connectivity index (χ1v) is 6.80. The molecule has 2 atom stereocenters. The Hall–Kier alpha value is -0.910. The van der Waals surface area contributed by atoms with Crippen LogP contribution in [-0.4, -0.2) is 35.1 Å². The zero-order valence-electron chi connectivity index (χ0n) is 12.7. The fraction of sp³-hybridized carbons (Fsp3) is 0.786. The zero-order valence-corrected chi connectivity index (χ0v) is 12.7. The molecule has 2 N–H and O–H groups in total. The van der Waals surface area contributed by atoms with Crippen LogP contribution in [0.5, 0.6) is 0 Å². The quantitative estimate of drug-likeness (QED) is 0.784. The molecule has 110 valence electrons. The first kappa shape index (κ1) is 16.1. The van der Waals surface area contributed by atoms with E-state index in [1.54, 1.807) is 11.8 Å². The monoisotopic (exact) mass is 269 g/mol. The van der Waals surface area contributed by atoms with Crippen molar-refractivity contribution in [2.45, 2.75) is 51.4 Å². The second kappa shape index (κ2) is 7.03. The summed E-state index contributed by atoms with van der Waals surface area (Å²) >= 11 is 0. The van der Waals surface area contributed by atoms with E-state index in [0.29, 0.717) is 6.61 Å². The molecule has 1 rings (SSSR count). The number of methoxy groups -OCH3 is 1. The van der Waals surface area contributed by atoms with E-state index in [1.807, 2.05) is 19.4 Å². The van der Waals surface area contributed by atoms with Crippen LogP contribution in [-0.2, 0) is 16.5 Å². The van der Waals surface area contributed by atoms with Gasteiger partial charge in [0.1, 0.15) is 6.10 Å². The number of nitrogens with zero attached hydrogens (tertiary/aromatic N) is 2. The van der Waals surface area contributed by atoms with E-state index in [1.165, 1.54) is 0 Å².